The summed E-state index contributed by atoms with van der Waals surface area (Å²) >= 11 is 0. The van der Waals surface area contributed by atoms with Crippen molar-refractivity contribution >= 4 is 0 Å². The number of hydrogen-bond donors (Lipinski definition) is 1. The molecule has 0 radical (unpaired) electrons. The first-order chi connectivity index (χ1) is 9.90. The van der Waals surface area contributed by atoms with Crippen molar-refractivity contribution in [2.24, 2.45) is 0 Å². The van der Waals surface area contributed by atoms with Gasteiger partial charge >= 0.3 is 6.18 Å². The third-order valence-electron chi connectivity index (χ3n) is 3.19. The van der Waals surface area contributed by atoms with Crippen molar-refractivity contribution in [2.45, 2.75) is 38.6 Å². The Labute approximate surface area is 121 Å². The molecule has 1 unspecified atom stereocenters. The number of aliphatic hydroxyl groups is 1. The summed E-state index contributed by atoms with van der Waals surface area (Å²) in [4.78, 5) is 0. The molecule has 114 valence electrons. The molecule has 1 aromatic carbocycles. The standard InChI is InChI=1S/C15H17F3N2O/c1-2-3-11-4-6-12(7-5-11)13(21)10-20-9-8-14(19-20)15(16,17)18/h4-9,13,21H,2-3,10H2,1H3. The lowest BCUT2D eigenvalue weighted by molar-refractivity contribution is -0.141. The zero-order chi connectivity index (χ0) is 15.5. The normalized spacial score (nSPS) is 13.4. The topological polar surface area (TPSA) is 38.0 Å². The van der Waals surface area contributed by atoms with Crippen LogP contribution >= 0.6 is 0 Å². The highest BCUT2D eigenvalue weighted by atomic mass is 19.4. The van der Waals surface area contributed by atoms with Gasteiger partial charge in [0.15, 0.2) is 5.69 Å². The number of aromatic nitrogens is 2. The largest absolute Gasteiger partial charge is 0.435 e. The van der Waals surface area contributed by atoms with E-state index in [-0.39, 0.29) is 6.54 Å². The maximum absolute atomic E-state index is 12.4. The first-order valence-corrected chi connectivity index (χ1v) is 6.77. The van der Waals surface area contributed by atoms with Gasteiger partial charge in [-0.1, -0.05) is 37.6 Å². The van der Waals surface area contributed by atoms with Crippen molar-refractivity contribution < 1.29 is 18.3 Å². The fourth-order valence-corrected chi connectivity index (χ4v) is 2.09. The van der Waals surface area contributed by atoms with Crippen LogP contribution in [0.3, 0.4) is 0 Å². The predicted octanol–water partition coefficient (Wildman–Crippen LogP) is 3.59. The van der Waals surface area contributed by atoms with Crippen LogP contribution < -0.4 is 0 Å². The number of nitrogens with zero attached hydrogens (tertiary/aromatic N) is 2. The molecule has 2 aromatic rings. The van der Waals surface area contributed by atoms with E-state index in [4.69, 9.17) is 0 Å². The van der Waals surface area contributed by atoms with Gasteiger partial charge in [-0.3, -0.25) is 4.68 Å². The van der Waals surface area contributed by atoms with E-state index in [1.165, 1.54) is 11.8 Å². The van der Waals surface area contributed by atoms with Crippen molar-refractivity contribution in [2.75, 3.05) is 0 Å². The molecule has 0 saturated carbocycles. The van der Waals surface area contributed by atoms with E-state index < -0.39 is 18.0 Å². The van der Waals surface area contributed by atoms with Crippen LogP contribution in [0.2, 0.25) is 0 Å². The van der Waals surface area contributed by atoms with E-state index in [9.17, 15) is 18.3 Å². The van der Waals surface area contributed by atoms with Crippen molar-refractivity contribution in [3.8, 4) is 0 Å². The van der Waals surface area contributed by atoms with E-state index in [1.807, 2.05) is 12.1 Å². The minimum atomic E-state index is -4.46. The second-order valence-electron chi connectivity index (χ2n) is 4.93. The molecule has 0 bridgehead atoms. The zero-order valence-electron chi connectivity index (χ0n) is 11.6. The molecule has 0 aliphatic carbocycles. The molecular formula is C15H17F3N2O. The van der Waals surface area contributed by atoms with Crippen LogP contribution in [0.1, 0.15) is 36.3 Å². The SMILES string of the molecule is CCCc1ccc(C(O)Cn2ccc(C(F)(F)F)n2)cc1. The summed E-state index contributed by atoms with van der Waals surface area (Å²) in [5.41, 5.74) is 0.888. The molecule has 0 spiro atoms. The summed E-state index contributed by atoms with van der Waals surface area (Å²) in [6.07, 6.45) is -2.13. The summed E-state index contributed by atoms with van der Waals surface area (Å²) in [5.74, 6) is 0. The highest BCUT2D eigenvalue weighted by Gasteiger charge is 2.33. The third kappa shape index (κ3) is 4.07. The van der Waals surface area contributed by atoms with Gasteiger partial charge in [-0.05, 0) is 23.6 Å². The molecule has 21 heavy (non-hydrogen) atoms. The lowest BCUT2D eigenvalue weighted by Crippen LogP contribution is -2.12. The van der Waals surface area contributed by atoms with Gasteiger partial charge in [0.1, 0.15) is 0 Å². The minimum Gasteiger partial charge on any atom is -0.386 e. The molecule has 0 aliphatic rings. The van der Waals surface area contributed by atoms with E-state index >= 15 is 0 Å². The molecule has 0 fully saturated rings. The fraction of sp³-hybridized carbons (Fsp3) is 0.400. The van der Waals surface area contributed by atoms with Crippen molar-refractivity contribution in [3.63, 3.8) is 0 Å². The van der Waals surface area contributed by atoms with Gasteiger partial charge in [-0.2, -0.15) is 18.3 Å². The number of aliphatic hydroxyl groups excluding tert-OH is 1. The summed E-state index contributed by atoms with van der Waals surface area (Å²) in [6.45, 7) is 2.07. The van der Waals surface area contributed by atoms with Crippen molar-refractivity contribution in [1.82, 2.24) is 9.78 Å². The quantitative estimate of drug-likeness (QED) is 0.916. The Morgan fingerprint density at radius 1 is 1.19 bits per heavy atom. The fourth-order valence-electron chi connectivity index (χ4n) is 2.09. The molecule has 0 amide bonds. The summed E-state index contributed by atoms with van der Waals surface area (Å²) in [6, 6.07) is 8.34. The van der Waals surface area contributed by atoms with Crippen LogP contribution in [-0.4, -0.2) is 14.9 Å². The molecule has 6 heteroatoms. The minimum absolute atomic E-state index is 0.0107. The number of alkyl halides is 3. The van der Waals surface area contributed by atoms with Gasteiger partial charge in [0.2, 0.25) is 0 Å². The van der Waals surface area contributed by atoms with E-state index in [2.05, 4.69) is 12.0 Å². The number of halogens is 3. The molecule has 1 atom stereocenters. The average molecular weight is 298 g/mol. The molecular weight excluding hydrogens is 281 g/mol. The van der Waals surface area contributed by atoms with Crippen molar-refractivity contribution in [3.05, 3.63) is 53.3 Å². The first-order valence-electron chi connectivity index (χ1n) is 6.77. The Morgan fingerprint density at radius 2 is 1.86 bits per heavy atom. The Bertz CT molecular complexity index is 575. The van der Waals surface area contributed by atoms with Crippen LogP contribution in [0.5, 0.6) is 0 Å². The molecule has 3 nitrogen and oxygen atoms in total. The van der Waals surface area contributed by atoms with Gasteiger partial charge in [-0.25, -0.2) is 0 Å². The Morgan fingerprint density at radius 3 is 2.38 bits per heavy atom. The lowest BCUT2D eigenvalue weighted by Gasteiger charge is -2.12. The summed E-state index contributed by atoms with van der Waals surface area (Å²) < 4.78 is 38.4. The van der Waals surface area contributed by atoms with E-state index in [1.54, 1.807) is 12.1 Å². The van der Waals surface area contributed by atoms with Gasteiger partial charge < -0.3 is 5.11 Å². The molecule has 0 saturated heterocycles. The molecule has 1 heterocycles. The van der Waals surface area contributed by atoms with Crippen LogP contribution in [0.25, 0.3) is 0 Å². The lowest BCUT2D eigenvalue weighted by atomic mass is 10.0. The second-order valence-corrected chi connectivity index (χ2v) is 4.93. The van der Waals surface area contributed by atoms with Crippen LogP contribution in [0.15, 0.2) is 36.5 Å². The molecule has 1 N–H and O–H groups in total. The molecule has 0 aliphatic heterocycles. The van der Waals surface area contributed by atoms with Gasteiger partial charge in [0, 0.05) is 6.20 Å². The average Bonchev–Trinajstić information content (AvgIpc) is 2.88. The number of aryl methyl sites for hydroxylation is 1. The first kappa shape index (κ1) is 15.6. The Balaban J connectivity index is 2.03. The maximum Gasteiger partial charge on any atom is 0.435 e. The second kappa shape index (κ2) is 6.30. The highest BCUT2D eigenvalue weighted by molar-refractivity contribution is 5.24. The maximum atomic E-state index is 12.4. The third-order valence-corrected chi connectivity index (χ3v) is 3.19. The van der Waals surface area contributed by atoms with Crippen LogP contribution in [0.4, 0.5) is 13.2 Å². The van der Waals surface area contributed by atoms with Crippen molar-refractivity contribution in [1.29, 1.82) is 0 Å². The smallest absolute Gasteiger partial charge is 0.386 e. The Kier molecular flexibility index (Phi) is 4.67. The van der Waals surface area contributed by atoms with Crippen LogP contribution in [-0.2, 0) is 19.1 Å². The predicted molar refractivity (Wildman–Crippen MR) is 72.6 cm³/mol. The van der Waals surface area contributed by atoms with Gasteiger partial charge in [-0.15, -0.1) is 0 Å². The highest BCUT2D eigenvalue weighted by Crippen LogP contribution is 2.27. The number of hydrogen-bond acceptors (Lipinski definition) is 2. The number of rotatable bonds is 5. The Hall–Kier alpha value is -1.82. The number of benzene rings is 1. The molecule has 2 rings (SSSR count). The van der Waals surface area contributed by atoms with E-state index in [0.717, 1.165) is 23.6 Å². The monoisotopic (exact) mass is 298 g/mol. The molecule has 1 aromatic heterocycles. The van der Waals surface area contributed by atoms with Crippen LogP contribution in [0, 0.1) is 0 Å². The van der Waals surface area contributed by atoms with Gasteiger partial charge in [0.25, 0.3) is 0 Å². The zero-order valence-corrected chi connectivity index (χ0v) is 11.6. The van der Waals surface area contributed by atoms with E-state index in [0.29, 0.717) is 5.56 Å². The summed E-state index contributed by atoms with van der Waals surface area (Å²) in [5, 5.41) is 13.5. The van der Waals surface area contributed by atoms with Gasteiger partial charge in [0.05, 0.1) is 12.6 Å². The summed E-state index contributed by atoms with van der Waals surface area (Å²) in [7, 11) is 0.